The summed E-state index contributed by atoms with van der Waals surface area (Å²) in [7, 11) is 0. The van der Waals surface area contributed by atoms with Crippen LogP contribution in [0.1, 0.15) is 16.1 Å². The Morgan fingerprint density at radius 1 is 1.15 bits per heavy atom. The molecule has 10 heteroatoms. The summed E-state index contributed by atoms with van der Waals surface area (Å²) in [6.45, 7) is 0. The Hall–Kier alpha value is -3.69. The third-order valence-corrected chi connectivity index (χ3v) is 3.51. The second-order valence-electron chi connectivity index (χ2n) is 5.37. The van der Waals surface area contributed by atoms with Gasteiger partial charge in [-0.05, 0) is 30.3 Å². The lowest BCUT2D eigenvalue weighted by Gasteiger charge is -2.06. The summed E-state index contributed by atoms with van der Waals surface area (Å²) in [5, 5.41) is 13.2. The predicted molar refractivity (Wildman–Crippen MR) is 88.0 cm³/mol. The van der Waals surface area contributed by atoms with E-state index in [9.17, 15) is 28.1 Å². The maximum Gasteiger partial charge on any atom is 0.416 e. The number of amides is 1. The molecular formula is C17H10F3N3O4. The van der Waals surface area contributed by atoms with Gasteiger partial charge in [-0.25, -0.2) is 4.98 Å². The molecule has 3 rings (SSSR count). The van der Waals surface area contributed by atoms with Gasteiger partial charge in [0.05, 0.1) is 10.5 Å². The first kappa shape index (κ1) is 18.1. The number of rotatable bonds is 4. The molecule has 0 aliphatic rings. The van der Waals surface area contributed by atoms with Crippen molar-refractivity contribution in [3.05, 3.63) is 76.2 Å². The molecule has 0 saturated carbocycles. The predicted octanol–water partition coefficient (Wildman–Crippen LogP) is 4.52. The van der Waals surface area contributed by atoms with Crippen LogP contribution in [0.5, 0.6) is 0 Å². The van der Waals surface area contributed by atoms with E-state index in [0.717, 1.165) is 18.4 Å². The molecule has 0 spiro atoms. The fourth-order valence-electron chi connectivity index (χ4n) is 2.20. The maximum absolute atomic E-state index is 12.6. The van der Waals surface area contributed by atoms with Gasteiger partial charge in [-0.1, -0.05) is 6.07 Å². The molecule has 0 fully saturated rings. The number of carbonyl (C=O) groups excluding carboxylic acids is 1. The van der Waals surface area contributed by atoms with Gasteiger partial charge in [0.15, 0.2) is 5.69 Å². The Morgan fingerprint density at radius 2 is 1.85 bits per heavy atom. The van der Waals surface area contributed by atoms with Crippen molar-refractivity contribution in [1.29, 1.82) is 0 Å². The van der Waals surface area contributed by atoms with Gasteiger partial charge in [0.1, 0.15) is 6.26 Å². The standard InChI is InChI=1S/C17H10F3N3O4/c18-17(19,20)11-6-4-10(5-7-11)16-22-14(9-27-16)15(24)21-12-2-1-3-13(8-12)23(25)26/h1-9H,(H,21,24). The van der Waals surface area contributed by atoms with Crippen molar-refractivity contribution in [1.82, 2.24) is 4.98 Å². The van der Waals surface area contributed by atoms with Crippen molar-refractivity contribution in [2.24, 2.45) is 0 Å². The molecule has 27 heavy (non-hydrogen) atoms. The van der Waals surface area contributed by atoms with Crippen molar-refractivity contribution in [2.75, 3.05) is 5.32 Å². The zero-order valence-corrected chi connectivity index (χ0v) is 13.4. The number of nitro groups is 1. The quantitative estimate of drug-likeness (QED) is 0.532. The summed E-state index contributed by atoms with van der Waals surface area (Å²) in [6.07, 6.45) is -3.42. The Balaban J connectivity index is 1.76. The van der Waals surface area contributed by atoms with Crippen LogP contribution >= 0.6 is 0 Å². The Labute approximate surface area is 149 Å². The van der Waals surface area contributed by atoms with Gasteiger partial charge in [0.25, 0.3) is 11.6 Å². The molecule has 0 bridgehead atoms. The number of halogens is 3. The van der Waals surface area contributed by atoms with Crippen molar-refractivity contribution in [2.45, 2.75) is 6.18 Å². The minimum atomic E-state index is -4.46. The van der Waals surface area contributed by atoms with Gasteiger partial charge in [-0.15, -0.1) is 0 Å². The average molecular weight is 377 g/mol. The van der Waals surface area contributed by atoms with E-state index in [-0.39, 0.29) is 28.5 Å². The molecule has 2 aromatic carbocycles. The summed E-state index contributed by atoms with van der Waals surface area (Å²) < 4.78 is 42.9. The Morgan fingerprint density at radius 3 is 2.48 bits per heavy atom. The number of nitrogens with zero attached hydrogens (tertiary/aromatic N) is 2. The van der Waals surface area contributed by atoms with Gasteiger partial charge in [-0.2, -0.15) is 13.2 Å². The lowest BCUT2D eigenvalue weighted by Crippen LogP contribution is -2.12. The van der Waals surface area contributed by atoms with E-state index in [2.05, 4.69) is 10.3 Å². The fourth-order valence-corrected chi connectivity index (χ4v) is 2.20. The molecule has 1 aromatic heterocycles. The average Bonchev–Trinajstić information content (AvgIpc) is 3.11. The highest BCUT2D eigenvalue weighted by Crippen LogP contribution is 2.30. The summed E-state index contributed by atoms with van der Waals surface area (Å²) in [4.78, 5) is 26.3. The molecule has 0 aliphatic heterocycles. The molecule has 1 amide bonds. The summed E-state index contributed by atoms with van der Waals surface area (Å²) in [6, 6.07) is 9.42. The zero-order valence-electron chi connectivity index (χ0n) is 13.4. The van der Waals surface area contributed by atoms with E-state index >= 15 is 0 Å². The number of carbonyl (C=O) groups is 1. The van der Waals surface area contributed by atoms with Crippen LogP contribution in [0.3, 0.4) is 0 Å². The first-order valence-corrected chi connectivity index (χ1v) is 7.43. The molecule has 0 atom stereocenters. The lowest BCUT2D eigenvalue weighted by molar-refractivity contribution is -0.384. The molecule has 0 saturated heterocycles. The summed E-state index contributed by atoms with van der Waals surface area (Å²) in [5.74, 6) is -0.717. The number of nitro benzene ring substituents is 1. The van der Waals surface area contributed by atoms with Crippen LogP contribution in [-0.4, -0.2) is 15.8 Å². The van der Waals surface area contributed by atoms with E-state index < -0.39 is 22.6 Å². The monoisotopic (exact) mass is 377 g/mol. The smallest absolute Gasteiger partial charge is 0.416 e. The number of benzene rings is 2. The normalized spacial score (nSPS) is 11.2. The molecule has 0 unspecified atom stereocenters. The maximum atomic E-state index is 12.6. The minimum absolute atomic E-state index is 0.0343. The topological polar surface area (TPSA) is 98.3 Å². The Bertz CT molecular complexity index is 997. The van der Waals surface area contributed by atoms with Crippen molar-refractivity contribution in [3.63, 3.8) is 0 Å². The molecule has 1 N–H and O–H groups in total. The second kappa shape index (κ2) is 6.90. The number of alkyl halides is 3. The highest BCUT2D eigenvalue weighted by molar-refractivity contribution is 6.03. The van der Waals surface area contributed by atoms with Crippen LogP contribution in [-0.2, 0) is 6.18 Å². The molecule has 7 nitrogen and oxygen atoms in total. The van der Waals surface area contributed by atoms with Crippen LogP contribution < -0.4 is 5.32 Å². The van der Waals surface area contributed by atoms with Gasteiger partial charge >= 0.3 is 6.18 Å². The molecular weight excluding hydrogens is 367 g/mol. The Kier molecular flexibility index (Phi) is 4.63. The van der Waals surface area contributed by atoms with Crippen LogP contribution in [0.25, 0.3) is 11.5 Å². The van der Waals surface area contributed by atoms with E-state index in [0.29, 0.717) is 0 Å². The minimum Gasteiger partial charge on any atom is -0.444 e. The van der Waals surface area contributed by atoms with Crippen LogP contribution in [0.4, 0.5) is 24.5 Å². The lowest BCUT2D eigenvalue weighted by atomic mass is 10.1. The largest absolute Gasteiger partial charge is 0.444 e. The highest BCUT2D eigenvalue weighted by Gasteiger charge is 2.30. The van der Waals surface area contributed by atoms with Crippen molar-refractivity contribution in [3.8, 4) is 11.5 Å². The fraction of sp³-hybridized carbons (Fsp3) is 0.0588. The zero-order chi connectivity index (χ0) is 19.6. The van der Waals surface area contributed by atoms with E-state index in [1.165, 1.54) is 36.4 Å². The molecule has 0 aliphatic carbocycles. The van der Waals surface area contributed by atoms with E-state index in [1.54, 1.807) is 0 Å². The SMILES string of the molecule is O=C(Nc1cccc([N+](=O)[O-])c1)c1coc(-c2ccc(C(F)(F)F)cc2)n1. The highest BCUT2D eigenvalue weighted by atomic mass is 19.4. The van der Waals surface area contributed by atoms with Gasteiger partial charge < -0.3 is 9.73 Å². The second-order valence-corrected chi connectivity index (χ2v) is 5.37. The van der Waals surface area contributed by atoms with Crippen LogP contribution in [0.15, 0.2) is 59.2 Å². The van der Waals surface area contributed by atoms with E-state index in [4.69, 9.17) is 4.42 Å². The first-order chi connectivity index (χ1) is 12.7. The number of non-ortho nitro benzene ring substituents is 1. The number of aromatic nitrogens is 1. The molecule has 0 radical (unpaired) electrons. The molecule has 138 valence electrons. The number of nitrogens with one attached hydrogen (secondary N) is 1. The molecule has 1 heterocycles. The first-order valence-electron chi connectivity index (χ1n) is 7.43. The number of anilines is 1. The number of oxazole rings is 1. The number of hydrogen-bond donors (Lipinski definition) is 1. The summed E-state index contributed by atoms with van der Waals surface area (Å²) in [5.41, 5.74) is -0.693. The van der Waals surface area contributed by atoms with Crippen LogP contribution in [0.2, 0.25) is 0 Å². The van der Waals surface area contributed by atoms with Crippen LogP contribution in [0, 0.1) is 10.1 Å². The van der Waals surface area contributed by atoms with Crippen molar-refractivity contribution < 1.29 is 27.3 Å². The summed E-state index contributed by atoms with van der Waals surface area (Å²) >= 11 is 0. The van der Waals surface area contributed by atoms with Gasteiger partial charge in [-0.3, -0.25) is 14.9 Å². The van der Waals surface area contributed by atoms with E-state index in [1.807, 2.05) is 0 Å². The van der Waals surface area contributed by atoms with Gasteiger partial charge in [0, 0.05) is 23.4 Å². The van der Waals surface area contributed by atoms with Gasteiger partial charge in [0.2, 0.25) is 5.89 Å². The van der Waals surface area contributed by atoms with Crippen molar-refractivity contribution >= 4 is 17.3 Å². The third kappa shape index (κ3) is 4.11. The third-order valence-electron chi connectivity index (χ3n) is 3.51. The number of hydrogen-bond acceptors (Lipinski definition) is 5. The molecule has 3 aromatic rings.